The smallest absolute Gasteiger partial charge is 0.119 e. The first-order valence-electron chi connectivity index (χ1n) is 5.89. The number of hydrazone groups is 1. The Bertz CT molecular complexity index is 492. The number of ether oxygens (including phenoxy) is 1. The molecule has 0 spiro atoms. The Morgan fingerprint density at radius 3 is 2.44 bits per heavy atom. The Labute approximate surface area is 107 Å². The highest BCUT2D eigenvalue weighted by Crippen LogP contribution is 2.16. The molecule has 0 aliphatic carbocycles. The zero-order chi connectivity index (χ0) is 12.6. The van der Waals surface area contributed by atoms with Gasteiger partial charge in [0.2, 0.25) is 0 Å². The molecule has 0 amide bonds. The van der Waals surface area contributed by atoms with Crippen molar-refractivity contribution in [2.45, 2.75) is 13.5 Å². The topological polar surface area (TPSA) is 33.6 Å². The van der Waals surface area contributed by atoms with Crippen molar-refractivity contribution in [2.24, 2.45) is 5.10 Å². The van der Waals surface area contributed by atoms with Crippen molar-refractivity contribution in [1.82, 2.24) is 0 Å². The first-order valence-corrected chi connectivity index (χ1v) is 5.89. The van der Waals surface area contributed by atoms with Crippen LogP contribution in [0.1, 0.15) is 12.5 Å². The third-order valence-corrected chi connectivity index (χ3v) is 2.43. The molecule has 0 atom stereocenters. The Balaban J connectivity index is 1.90. The fourth-order valence-corrected chi connectivity index (χ4v) is 1.51. The molecule has 0 saturated heterocycles. The van der Waals surface area contributed by atoms with Gasteiger partial charge < -0.3 is 4.74 Å². The lowest BCUT2D eigenvalue weighted by molar-refractivity contribution is 0.306. The number of nitrogens with one attached hydrogen (secondary N) is 1. The van der Waals surface area contributed by atoms with Gasteiger partial charge in [-0.2, -0.15) is 5.10 Å². The molecule has 2 aromatic carbocycles. The number of anilines is 1. The highest BCUT2D eigenvalue weighted by atomic mass is 16.5. The Hall–Kier alpha value is -2.29. The lowest BCUT2D eigenvalue weighted by atomic mass is 10.2. The average molecular weight is 240 g/mol. The predicted molar refractivity (Wildman–Crippen MR) is 75.0 cm³/mol. The quantitative estimate of drug-likeness (QED) is 0.639. The van der Waals surface area contributed by atoms with E-state index in [4.69, 9.17) is 4.74 Å². The van der Waals surface area contributed by atoms with Crippen LogP contribution in [0.5, 0.6) is 5.75 Å². The third kappa shape index (κ3) is 3.63. The first-order chi connectivity index (χ1) is 8.88. The SMILES string of the molecule is CC=NNc1ccc(OCc2ccccc2)cc1. The summed E-state index contributed by atoms with van der Waals surface area (Å²) in [6.45, 7) is 2.45. The van der Waals surface area contributed by atoms with E-state index in [0.29, 0.717) is 6.61 Å². The number of benzene rings is 2. The number of nitrogens with zero attached hydrogens (tertiary/aromatic N) is 1. The molecular formula is C15H16N2O. The van der Waals surface area contributed by atoms with Gasteiger partial charge in [0.25, 0.3) is 0 Å². The zero-order valence-corrected chi connectivity index (χ0v) is 10.3. The fraction of sp³-hybridized carbons (Fsp3) is 0.133. The van der Waals surface area contributed by atoms with E-state index >= 15 is 0 Å². The van der Waals surface area contributed by atoms with Crippen molar-refractivity contribution >= 4 is 11.9 Å². The largest absolute Gasteiger partial charge is 0.489 e. The molecule has 0 radical (unpaired) electrons. The van der Waals surface area contributed by atoms with Gasteiger partial charge in [0, 0.05) is 6.21 Å². The predicted octanol–water partition coefficient (Wildman–Crippen LogP) is 3.68. The summed E-state index contributed by atoms with van der Waals surface area (Å²) in [5.74, 6) is 0.852. The summed E-state index contributed by atoms with van der Waals surface area (Å²) in [4.78, 5) is 0. The molecule has 0 bridgehead atoms. The van der Waals surface area contributed by atoms with Crippen LogP contribution in [0.15, 0.2) is 59.7 Å². The summed E-state index contributed by atoms with van der Waals surface area (Å²) in [5, 5.41) is 3.95. The lowest BCUT2D eigenvalue weighted by Gasteiger charge is -2.07. The third-order valence-electron chi connectivity index (χ3n) is 2.43. The molecule has 18 heavy (non-hydrogen) atoms. The number of rotatable bonds is 5. The summed E-state index contributed by atoms with van der Waals surface area (Å²) in [7, 11) is 0. The molecule has 2 aromatic rings. The average Bonchev–Trinajstić information content (AvgIpc) is 2.45. The van der Waals surface area contributed by atoms with Crippen molar-refractivity contribution < 1.29 is 4.74 Å². The van der Waals surface area contributed by atoms with E-state index in [1.807, 2.05) is 61.5 Å². The van der Waals surface area contributed by atoms with Crippen molar-refractivity contribution in [3.05, 3.63) is 60.2 Å². The van der Waals surface area contributed by atoms with Crippen LogP contribution in [0.2, 0.25) is 0 Å². The maximum Gasteiger partial charge on any atom is 0.119 e. The van der Waals surface area contributed by atoms with E-state index in [-0.39, 0.29) is 0 Å². The van der Waals surface area contributed by atoms with E-state index in [9.17, 15) is 0 Å². The van der Waals surface area contributed by atoms with Crippen molar-refractivity contribution in [2.75, 3.05) is 5.43 Å². The van der Waals surface area contributed by atoms with Crippen LogP contribution in [0, 0.1) is 0 Å². The fourth-order valence-electron chi connectivity index (χ4n) is 1.51. The minimum atomic E-state index is 0.584. The molecule has 0 heterocycles. The lowest BCUT2D eigenvalue weighted by Crippen LogP contribution is -1.95. The van der Waals surface area contributed by atoms with E-state index in [2.05, 4.69) is 10.5 Å². The molecule has 0 aliphatic heterocycles. The van der Waals surface area contributed by atoms with Crippen molar-refractivity contribution in [3.63, 3.8) is 0 Å². The van der Waals surface area contributed by atoms with E-state index < -0.39 is 0 Å². The van der Waals surface area contributed by atoms with Gasteiger partial charge in [-0.05, 0) is 36.8 Å². The molecular weight excluding hydrogens is 224 g/mol. The Kier molecular flexibility index (Phi) is 4.36. The Morgan fingerprint density at radius 1 is 1.06 bits per heavy atom. The second-order valence-electron chi connectivity index (χ2n) is 3.80. The van der Waals surface area contributed by atoms with Gasteiger partial charge in [-0.25, -0.2) is 0 Å². The van der Waals surface area contributed by atoms with Crippen molar-refractivity contribution in [3.8, 4) is 5.75 Å². The van der Waals surface area contributed by atoms with Crippen LogP contribution in [0.3, 0.4) is 0 Å². The normalized spacial score (nSPS) is 10.5. The standard InChI is InChI=1S/C15H16N2O/c1-2-16-17-14-8-10-15(11-9-14)18-12-13-6-4-3-5-7-13/h2-11,17H,12H2,1H3. The summed E-state index contributed by atoms with van der Waals surface area (Å²) >= 11 is 0. The molecule has 0 aliphatic rings. The molecule has 3 nitrogen and oxygen atoms in total. The van der Waals surface area contributed by atoms with Crippen LogP contribution in [0.4, 0.5) is 5.69 Å². The van der Waals surface area contributed by atoms with Crippen LogP contribution in [-0.2, 0) is 6.61 Å². The van der Waals surface area contributed by atoms with Gasteiger partial charge in [-0.1, -0.05) is 30.3 Å². The zero-order valence-electron chi connectivity index (χ0n) is 10.3. The second-order valence-corrected chi connectivity index (χ2v) is 3.80. The molecule has 2 rings (SSSR count). The van der Waals surface area contributed by atoms with E-state index in [1.165, 1.54) is 0 Å². The summed E-state index contributed by atoms with van der Waals surface area (Å²) in [6.07, 6.45) is 1.71. The van der Waals surface area contributed by atoms with Crippen LogP contribution in [0.25, 0.3) is 0 Å². The summed E-state index contributed by atoms with van der Waals surface area (Å²) in [6, 6.07) is 17.8. The maximum atomic E-state index is 5.69. The van der Waals surface area contributed by atoms with Gasteiger partial charge in [0.15, 0.2) is 0 Å². The van der Waals surface area contributed by atoms with E-state index in [1.54, 1.807) is 6.21 Å². The van der Waals surface area contributed by atoms with Gasteiger partial charge in [-0.3, -0.25) is 5.43 Å². The summed E-state index contributed by atoms with van der Waals surface area (Å²) < 4.78 is 5.69. The minimum Gasteiger partial charge on any atom is -0.489 e. The minimum absolute atomic E-state index is 0.584. The van der Waals surface area contributed by atoms with Gasteiger partial charge >= 0.3 is 0 Å². The highest BCUT2D eigenvalue weighted by molar-refractivity contribution is 5.56. The Morgan fingerprint density at radius 2 is 1.78 bits per heavy atom. The van der Waals surface area contributed by atoms with E-state index in [0.717, 1.165) is 17.0 Å². The number of hydrogen-bond acceptors (Lipinski definition) is 3. The van der Waals surface area contributed by atoms with Crippen LogP contribution < -0.4 is 10.2 Å². The molecule has 0 unspecified atom stereocenters. The molecule has 0 saturated carbocycles. The molecule has 3 heteroatoms. The highest BCUT2D eigenvalue weighted by Gasteiger charge is 1.96. The number of hydrogen-bond donors (Lipinski definition) is 1. The first kappa shape index (κ1) is 12.2. The van der Waals surface area contributed by atoms with Crippen LogP contribution >= 0.6 is 0 Å². The molecule has 1 N–H and O–H groups in total. The maximum absolute atomic E-state index is 5.69. The van der Waals surface area contributed by atoms with Crippen LogP contribution in [-0.4, -0.2) is 6.21 Å². The second kappa shape index (κ2) is 6.45. The van der Waals surface area contributed by atoms with Gasteiger partial charge in [-0.15, -0.1) is 0 Å². The van der Waals surface area contributed by atoms with Crippen molar-refractivity contribution in [1.29, 1.82) is 0 Å². The van der Waals surface area contributed by atoms with Gasteiger partial charge in [0.05, 0.1) is 5.69 Å². The van der Waals surface area contributed by atoms with Gasteiger partial charge in [0.1, 0.15) is 12.4 Å². The molecule has 0 aromatic heterocycles. The monoisotopic (exact) mass is 240 g/mol. The molecule has 92 valence electrons. The summed E-state index contributed by atoms with van der Waals surface area (Å²) in [5.41, 5.74) is 5.02. The molecule has 0 fully saturated rings.